The van der Waals surface area contributed by atoms with Gasteiger partial charge in [0.1, 0.15) is 11.2 Å². The second kappa shape index (κ2) is 5.61. The van der Waals surface area contributed by atoms with E-state index in [0.29, 0.717) is 6.54 Å². The fourth-order valence-corrected chi connectivity index (χ4v) is 5.75. The summed E-state index contributed by atoms with van der Waals surface area (Å²) in [5.74, 6) is 0. The van der Waals surface area contributed by atoms with E-state index in [4.69, 9.17) is 21.1 Å². The van der Waals surface area contributed by atoms with Gasteiger partial charge in [-0.2, -0.15) is 0 Å². The van der Waals surface area contributed by atoms with Crippen LogP contribution in [-0.2, 0) is 20.5 Å². The van der Waals surface area contributed by atoms with E-state index in [0.717, 1.165) is 23.8 Å². The van der Waals surface area contributed by atoms with Gasteiger partial charge in [-0.25, -0.2) is 4.79 Å². The van der Waals surface area contributed by atoms with Crippen LogP contribution in [-0.4, -0.2) is 35.8 Å². The largest absolute Gasteiger partial charge is 0.444 e. The smallest absolute Gasteiger partial charge is 0.410 e. The number of carbonyl (C=O) groups excluding carboxylic acids is 1. The van der Waals surface area contributed by atoms with Crippen molar-refractivity contribution >= 4 is 29.0 Å². The molecule has 25 heavy (non-hydrogen) atoms. The van der Waals surface area contributed by atoms with Gasteiger partial charge in [0.05, 0.1) is 10.9 Å². The molecule has 4 rings (SSSR count). The fourth-order valence-electron chi connectivity index (χ4n) is 4.22. The van der Waals surface area contributed by atoms with E-state index < -0.39 is 5.60 Å². The number of carbonyl (C=O) groups is 1. The Morgan fingerprint density at radius 1 is 1.40 bits per heavy atom. The maximum Gasteiger partial charge on any atom is 0.410 e. The molecule has 1 saturated carbocycles. The lowest BCUT2D eigenvalue weighted by atomic mass is 9.79. The van der Waals surface area contributed by atoms with Crippen molar-refractivity contribution in [3.63, 3.8) is 0 Å². The molecule has 2 spiro atoms. The molecule has 0 radical (unpaired) electrons. The molecule has 3 aliphatic rings. The minimum Gasteiger partial charge on any atom is -0.444 e. The Hall–Kier alpha value is -0.780. The SMILES string of the molecule is C[C@H]1CC2(CCN1C(=O)OC(C)(C)C)OCC1(CC1)c1cc(Cl)sc12. The standard InChI is InChI=1S/C19H26ClNO3S/c1-12-10-19(7-8-21(12)16(22)24-17(2,3)4)15-13(9-14(20)25-15)18(5-6-18)11-23-19/h9,12H,5-8,10-11H2,1-4H3/t12-,19?/m0/s1. The van der Waals surface area contributed by atoms with Gasteiger partial charge in [-0.1, -0.05) is 11.6 Å². The van der Waals surface area contributed by atoms with Crippen molar-refractivity contribution in [2.75, 3.05) is 13.2 Å². The zero-order valence-corrected chi connectivity index (χ0v) is 16.9. The summed E-state index contributed by atoms with van der Waals surface area (Å²) in [6.45, 7) is 9.23. The van der Waals surface area contributed by atoms with Crippen LogP contribution in [0, 0.1) is 0 Å². The molecule has 2 atom stereocenters. The monoisotopic (exact) mass is 383 g/mol. The maximum atomic E-state index is 12.5. The summed E-state index contributed by atoms with van der Waals surface area (Å²) in [4.78, 5) is 15.6. The van der Waals surface area contributed by atoms with E-state index >= 15 is 0 Å². The lowest BCUT2D eigenvalue weighted by Gasteiger charge is -2.48. The highest BCUT2D eigenvalue weighted by molar-refractivity contribution is 7.16. The number of rotatable bonds is 0. The fraction of sp³-hybridized carbons (Fsp3) is 0.737. The van der Waals surface area contributed by atoms with Crippen molar-refractivity contribution in [3.8, 4) is 0 Å². The number of thiophene rings is 1. The van der Waals surface area contributed by atoms with Gasteiger partial charge in [0.15, 0.2) is 0 Å². The highest BCUT2D eigenvalue weighted by Gasteiger charge is 2.56. The van der Waals surface area contributed by atoms with Gasteiger partial charge in [0, 0.05) is 29.3 Å². The average Bonchev–Trinajstić information content (AvgIpc) is 3.16. The average molecular weight is 384 g/mol. The molecule has 2 fully saturated rings. The highest BCUT2D eigenvalue weighted by Crippen LogP contribution is 2.60. The van der Waals surface area contributed by atoms with Crippen LogP contribution in [0.25, 0.3) is 0 Å². The van der Waals surface area contributed by atoms with Crippen LogP contribution in [0.5, 0.6) is 0 Å². The number of nitrogens with zero attached hydrogens (tertiary/aromatic N) is 1. The van der Waals surface area contributed by atoms with Crippen molar-refractivity contribution in [1.82, 2.24) is 4.90 Å². The lowest BCUT2D eigenvalue weighted by molar-refractivity contribution is -0.117. The van der Waals surface area contributed by atoms with E-state index in [-0.39, 0.29) is 23.2 Å². The molecule has 1 aromatic rings. The van der Waals surface area contributed by atoms with Crippen LogP contribution in [0.15, 0.2) is 6.07 Å². The predicted octanol–water partition coefficient (Wildman–Crippen LogP) is 5.08. The summed E-state index contributed by atoms with van der Waals surface area (Å²) in [5, 5.41) is 0. The predicted molar refractivity (Wildman–Crippen MR) is 99.5 cm³/mol. The topological polar surface area (TPSA) is 38.8 Å². The summed E-state index contributed by atoms with van der Waals surface area (Å²) < 4.78 is 12.9. The quantitative estimate of drug-likeness (QED) is 0.627. The Bertz CT molecular complexity index is 706. The van der Waals surface area contributed by atoms with Crippen LogP contribution >= 0.6 is 22.9 Å². The number of fused-ring (bicyclic) bond motifs is 3. The highest BCUT2D eigenvalue weighted by atomic mass is 35.5. The maximum absolute atomic E-state index is 12.5. The Kier molecular flexibility index (Phi) is 3.95. The normalized spacial score (nSPS) is 30.4. The molecule has 1 aliphatic carbocycles. The molecular weight excluding hydrogens is 358 g/mol. The minimum absolute atomic E-state index is 0.0746. The van der Waals surface area contributed by atoms with Gasteiger partial charge in [-0.3, -0.25) is 0 Å². The summed E-state index contributed by atoms with van der Waals surface area (Å²) in [5.41, 5.74) is 0.862. The molecule has 6 heteroatoms. The molecule has 0 N–H and O–H groups in total. The number of piperidine rings is 1. The Labute approximate surface area is 158 Å². The second-order valence-electron chi connectivity index (χ2n) is 8.83. The van der Waals surface area contributed by atoms with E-state index in [9.17, 15) is 4.79 Å². The number of halogens is 1. The third-order valence-electron chi connectivity index (χ3n) is 5.71. The van der Waals surface area contributed by atoms with E-state index in [2.05, 4.69) is 13.0 Å². The number of ether oxygens (including phenoxy) is 2. The molecule has 1 aromatic heterocycles. The first kappa shape index (κ1) is 17.6. The first-order valence-electron chi connectivity index (χ1n) is 9.08. The summed E-state index contributed by atoms with van der Waals surface area (Å²) in [6.07, 6.45) is 3.77. The number of hydrogen-bond donors (Lipinski definition) is 0. The van der Waals surface area contributed by atoms with Crippen LogP contribution < -0.4 is 0 Å². The van der Waals surface area contributed by atoms with Gasteiger partial charge in [-0.05, 0) is 58.6 Å². The van der Waals surface area contributed by atoms with Gasteiger partial charge in [-0.15, -0.1) is 11.3 Å². The van der Waals surface area contributed by atoms with E-state index in [1.165, 1.54) is 23.3 Å². The Morgan fingerprint density at radius 3 is 2.72 bits per heavy atom. The molecule has 0 bridgehead atoms. The van der Waals surface area contributed by atoms with Crippen molar-refractivity contribution in [2.45, 2.75) is 76.0 Å². The number of amides is 1. The molecule has 1 saturated heterocycles. The molecule has 4 nitrogen and oxygen atoms in total. The molecule has 1 amide bonds. The summed E-state index contributed by atoms with van der Waals surface area (Å²) in [7, 11) is 0. The molecule has 1 unspecified atom stereocenters. The van der Waals surface area contributed by atoms with E-state index in [1.54, 1.807) is 11.3 Å². The Morgan fingerprint density at radius 2 is 2.12 bits per heavy atom. The zero-order chi connectivity index (χ0) is 18.0. The molecule has 3 heterocycles. The van der Waals surface area contributed by atoms with Crippen LogP contribution in [0.1, 0.15) is 63.8 Å². The van der Waals surface area contributed by atoms with Crippen LogP contribution in [0.3, 0.4) is 0 Å². The van der Waals surface area contributed by atoms with Gasteiger partial charge in [0.25, 0.3) is 0 Å². The first-order chi connectivity index (χ1) is 11.6. The van der Waals surface area contributed by atoms with Gasteiger partial charge in [0.2, 0.25) is 0 Å². The summed E-state index contributed by atoms with van der Waals surface area (Å²) >= 11 is 8.04. The number of likely N-dealkylation sites (tertiary alicyclic amines) is 1. The van der Waals surface area contributed by atoms with Crippen molar-refractivity contribution < 1.29 is 14.3 Å². The summed E-state index contributed by atoms with van der Waals surface area (Å²) in [6, 6.07) is 2.23. The second-order valence-corrected chi connectivity index (χ2v) is 10.5. The van der Waals surface area contributed by atoms with Crippen LogP contribution in [0.2, 0.25) is 4.34 Å². The zero-order valence-electron chi connectivity index (χ0n) is 15.4. The van der Waals surface area contributed by atoms with E-state index in [1.807, 2.05) is 25.7 Å². The third-order valence-corrected chi connectivity index (χ3v) is 7.16. The Balaban J connectivity index is 1.57. The van der Waals surface area contributed by atoms with Gasteiger partial charge < -0.3 is 14.4 Å². The minimum atomic E-state index is -0.472. The van der Waals surface area contributed by atoms with Crippen molar-refractivity contribution in [1.29, 1.82) is 0 Å². The van der Waals surface area contributed by atoms with Crippen molar-refractivity contribution in [2.24, 2.45) is 0 Å². The molecule has 2 aliphatic heterocycles. The van der Waals surface area contributed by atoms with Gasteiger partial charge >= 0.3 is 6.09 Å². The van der Waals surface area contributed by atoms with Crippen LogP contribution in [0.4, 0.5) is 4.79 Å². The first-order valence-corrected chi connectivity index (χ1v) is 10.3. The molecular formula is C19H26ClNO3S. The third kappa shape index (κ3) is 2.98. The van der Waals surface area contributed by atoms with Crippen molar-refractivity contribution in [3.05, 3.63) is 20.8 Å². The molecule has 138 valence electrons. The molecule has 0 aromatic carbocycles. The number of hydrogen-bond acceptors (Lipinski definition) is 4. The lowest BCUT2D eigenvalue weighted by Crippen LogP contribution is -2.54.